The van der Waals surface area contributed by atoms with Gasteiger partial charge in [-0.3, -0.25) is 4.99 Å². The van der Waals surface area contributed by atoms with Gasteiger partial charge in [0.1, 0.15) is 11.5 Å². The number of methoxy groups -OCH3 is 2. The van der Waals surface area contributed by atoms with Crippen LogP contribution in [-0.4, -0.2) is 54.8 Å². The number of nitrogens with one attached hydrogen (secondary N) is 2. The summed E-state index contributed by atoms with van der Waals surface area (Å²) in [5.74, 6) is 2.21. The summed E-state index contributed by atoms with van der Waals surface area (Å²) in [6, 6.07) is 12.6. The third-order valence-electron chi connectivity index (χ3n) is 5.17. The van der Waals surface area contributed by atoms with Crippen LogP contribution in [0.25, 0.3) is 0 Å². The van der Waals surface area contributed by atoms with Crippen molar-refractivity contribution in [2.45, 2.75) is 23.9 Å². The van der Waals surface area contributed by atoms with Gasteiger partial charge in [-0.25, -0.2) is 13.6 Å². The summed E-state index contributed by atoms with van der Waals surface area (Å²) in [7, 11) is 1.32. The van der Waals surface area contributed by atoms with E-state index in [1.807, 2.05) is 18.2 Å². The van der Waals surface area contributed by atoms with Gasteiger partial charge in [0, 0.05) is 56.6 Å². The molecule has 0 aromatic heterocycles. The van der Waals surface area contributed by atoms with Crippen molar-refractivity contribution in [3.05, 3.63) is 48.0 Å². The van der Waals surface area contributed by atoms with Crippen molar-refractivity contribution >= 4 is 45.6 Å². The first kappa shape index (κ1) is 26.0. The molecule has 176 valence electrons. The van der Waals surface area contributed by atoms with Crippen LogP contribution < -0.4 is 30.1 Å². The Morgan fingerprint density at radius 3 is 2.31 bits per heavy atom. The molecule has 9 nitrogen and oxygen atoms in total. The summed E-state index contributed by atoms with van der Waals surface area (Å²) in [6.45, 7) is 2.23. The number of anilines is 1. The lowest BCUT2D eigenvalue weighted by Crippen LogP contribution is -2.44. The molecule has 1 unspecified atom stereocenters. The molecule has 1 aliphatic rings. The number of sulfonamides is 1. The van der Waals surface area contributed by atoms with Crippen LogP contribution in [0, 0.1) is 0 Å². The molecule has 1 saturated heterocycles. The van der Waals surface area contributed by atoms with Crippen LogP contribution in [0.2, 0.25) is 0 Å². The van der Waals surface area contributed by atoms with E-state index in [4.69, 9.17) is 14.6 Å². The number of nitrogens with zero attached hydrogens (tertiary/aromatic N) is 2. The Morgan fingerprint density at radius 1 is 1.16 bits per heavy atom. The van der Waals surface area contributed by atoms with Crippen LogP contribution >= 0.6 is 24.0 Å². The van der Waals surface area contributed by atoms with Gasteiger partial charge in [-0.1, -0.05) is 12.1 Å². The highest BCUT2D eigenvalue weighted by Gasteiger charge is 2.24. The molecule has 0 radical (unpaired) electrons. The standard InChI is InChI=1S/C21H29N5O4S.HI/c1-23-21(24-13-15-4-6-20(7-5-15)31(22,27)28)25-16-8-9-26(14-16)17-10-18(29-2)12-19(11-17)30-3;/h4-7,10-12,16H,8-9,13-14H2,1-3H3,(H2,22,27,28)(H2,23,24,25);1H. The number of benzene rings is 2. The van der Waals surface area contributed by atoms with Gasteiger partial charge in [-0.15, -0.1) is 24.0 Å². The number of rotatable bonds is 7. The zero-order valence-electron chi connectivity index (χ0n) is 18.4. The number of hydrogen-bond acceptors (Lipinski definition) is 6. The van der Waals surface area contributed by atoms with Gasteiger partial charge in [-0.2, -0.15) is 0 Å². The fraction of sp³-hybridized carbons (Fsp3) is 0.381. The molecule has 2 aromatic rings. The average molecular weight is 575 g/mol. The summed E-state index contributed by atoms with van der Waals surface area (Å²) in [5.41, 5.74) is 1.98. The minimum absolute atomic E-state index is 0. The number of hydrogen-bond donors (Lipinski definition) is 3. The lowest BCUT2D eigenvalue weighted by molar-refractivity contribution is 0.394. The predicted octanol–water partition coefficient (Wildman–Crippen LogP) is 1.91. The number of ether oxygens (including phenoxy) is 2. The molecule has 1 atom stereocenters. The molecule has 0 bridgehead atoms. The number of nitrogens with two attached hydrogens (primary N) is 1. The highest BCUT2D eigenvalue weighted by atomic mass is 127. The maximum atomic E-state index is 11.4. The van der Waals surface area contributed by atoms with E-state index in [-0.39, 0.29) is 34.9 Å². The van der Waals surface area contributed by atoms with E-state index in [2.05, 4.69) is 20.5 Å². The number of halogens is 1. The molecule has 0 spiro atoms. The van der Waals surface area contributed by atoms with Crippen molar-refractivity contribution in [2.75, 3.05) is 39.3 Å². The molecule has 1 aliphatic heterocycles. The summed E-state index contributed by atoms with van der Waals surface area (Å²) in [4.78, 5) is 6.67. The molecule has 32 heavy (non-hydrogen) atoms. The average Bonchev–Trinajstić information content (AvgIpc) is 3.24. The fourth-order valence-electron chi connectivity index (χ4n) is 3.46. The second-order valence-electron chi connectivity index (χ2n) is 7.26. The largest absolute Gasteiger partial charge is 0.497 e. The summed E-state index contributed by atoms with van der Waals surface area (Å²) < 4.78 is 33.5. The van der Waals surface area contributed by atoms with E-state index in [1.54, 1.807) is 33.4 Å². The first-order chi connectivity index (χ1) is 14.8. The van der Waals surface area contributed by atoms with Crippen LogP contribution in [0.1, 0.15) is 12.0 Å². The smallest absolute Gasteiger partial charge is 0.238 e. The number of primary sulfonamides is 1. The molecular weight excluding hydrogens is 545 g/mol. The van der Waals surface area contributed by atoms with E-state index in [9.17, 15) is 8.42 Å². The van der Waals surface area contributed by atoms with Gasteiger partial charge < -0.3 is 25.0 Å². The zero-order valence-corrected chi connectivity index (χ0v) is 21.5. The molecule has 0 saturated carbocycles. The predicted molar refractivity (Wildman–Crippen MR) is 137 cm³/mol. The van der Waals surface area contributed by atoms with Crippen LogP contribution in [-0.2, 0) is 16.6 Å². The van der Waals surface area contributed by atoms with Gasteiger partial charge in [-0.05, 0) is 24.1 Å². The monoisotopic (exact) mass is 575 g/mol. The maximum Gasteiger partial charge on any atom is 0.238 e. The fourth-order valence-corrected chi connectivity index (χ4v) is 3.97. The Hall–Kier alpha value is -2.25. The highest BCUT2D eigenvalue weighted by Crippen LogP contribution is 2.30. The van der Waals surface area contributed by atoms with Crippen molar-refractivity contribution < 1.29 is 17.9 Å². The number of guanidine groups is 1. The van der Waals surface area contributed by atoms with E-state index >= 15 is 0 Å². The van der Waals surface area contributed by atoms with Gasteiger partial charge in [0.25, 0.3) is 0 Å². The molecule has 0 amide bonds. The topological polar surface area (TPSA) is 118 Å². The van der Waals surface area contributed by atoms with Crippen molar-refractivity contribution in [1.29, 1.82) is 0 Å². The van der Waals surface area contributed by atoms with Gasteiger partial charge in [0.2, 0.25) is 10.0 Å². The quantitative estimate of drug-likeness (QED) is 0.262. The Bertz CT molecular complexity index is 1010. The van der Waals surface area contributed by atoms with E-state index in [0.29, 0.717) is 12.5 Å². The number of aliphatic imine (C=N–C) groups is 1. The summed E-state index contributed by atoms with van der Waals surface area (Å²) >= 11 is 0. The Kier molecular flexibility index (Phi) is 9.40. The maximum absolute atomic E-state index is 11.4. The normalized spacial score (nSPS) is 16.3. The molecule has 2 aromatic carbocycles. The molecule has 3 rings (SSSR count). The van der Waals surface area contributed by atoms with Crippen molar-refractivity contribution in [1.82, 2.24) is 10.6 Å². The molecule has 4 N–H and O–H groups in total. The Balaban J connectivity index is 0.00000363. The van der Waals surface area contributed by atoms with Crippen LogP contribution in [0.5, 0.6) is 11.5 Å². The van der Waals surface area contributed by atoms with E-state index in [0.717, 1.165) is 42.3 Å². The summed E-state index contributed by atoms with van der Waals surface area (Å²) in [5, 5.41) is 11.8. The van der Waals surface area contributed by atoms with Crippen LogP contribution in [0.15, 0.2) is 52.4 Å². The first-order valence-electron chi connectivity index (χ1n) is 9.89. The lowest BCUT2D eigenvalue weighted by atomic mass is 10.2. The second kappa shape index (κ2) is 11.6. The SMILES string of the molecule is CN=C(NCc1ccc(S(N)(=O)=O)cc1)NC1CCN(c2cc(OC)cc(OC)c2)C1.I. The molecule has 11 heteroatoms. The van der Waals surface area contributed by atoms with E-state index in [1.165, 1.54) is 12.1 Å². The molecule has 1 fully saturated rings. The van der Waals surface area contributed by atoms with Gasteiger partial charge in [0.05, 0.1) is 19.1 Å². The minimum Gasteiger partial charge on any atom is -0.497 e. The first-order valence-corrected chi connectivity index (χ1v) is 11.4. The van der Waals surface area contributed by atoms with Gasteiger partial charge >= 0.3 is 0 Å². The zero-order chi connectivity index (χ0) is 22.4. The third kappa shape index (κ3) is 6.87. The lowest BCUT2D eigenvalue weighted by Gasteiger charge is -2.21. The van der Waals surface area contributed by atoms with E-state index < -0.39 is 10.0 Å². The third-order valence-corrected chi connectivity index (χ3v) is 6.10. The van der Waals surface area contributed by atoms with Crippen molar-refractivity contribution in [3.63, 3.8) is 0 Å². The second-order valence-corrected chi connectivity index (χ2v) is 8.82. The Labute approximate surface area is 206 Å². The Morgan fingerprint density at radius 2 is 1.78 bits per heavy atom. The minimum atomic E-state index is -3.69. The molecule has 0 aliphatic carbocycles. The van der Waals surface area contributed by atoms with Crippen LogP contribution in [0.4, 0.5) is 5.69 Å². The van der Waals surface area contributed by atoms with Crippen molar-refractivity contribution in [3.8, 4) is 11.5 Å². The summed E-state index contributed by atoms with van der Waals surface area (Å²) in [6.07, 6.45) is 0.962. The van der Waals surface area contributed by atoms with Gasteiger partial charge in [0.15, 0.2) is 5.96 Å². The molecule has 1 heterocycles. The van der Waals surface area contributed by atoms with Crippen LogP contribution in [0.3, 0.4) is 0 Å². The molecular formula is C21H30IN5O4S. The van der Waals surface area contributed by atoms with Crippen molar-refractivity contribution in [2.24, 2.45) is 10.1 Å². The highest BCUT2D eigenvalue weighted by molar-refractivity contribution is 14.0.